The van der Waals surface area contributed by atoms with Crippen molar-refractivity contribution >= 4 is 17.0 Å². The molecule has 0 saturated carbocycles. The van der Waals surface area contributed by atoms with Crippen molar-refractivity contribution in [3.63, 3.8) is 0 Å². The van der Waals surface area contributed by atoms with E-state index in [-0.39, 0.29) is 18.5 Å². The quantitative estimate of drug-likeness (QED) is 0.884. The molecule has 1 atom stereocenters. The first kappa shape index (κ1) is 13.1. The van der Waals surface area contributed by atoms with Gasteiger partial charge in [-0.1, -0.05) is 12.1 Å². The number of anilines is 1. The number of nitrogens with one attached hydrogen (secondary N) is 1. The van der Waals surface area contributed by atoms with Gasteiger partial charge < -0.3 is 10.4 Å². The Balaban J connectivity index is 2.25. The number of thiophene rings is 1. The molecule has 96 valence electrons. The van der Waals surface area contributed by atoms with Crippen molar-refractivity contribution in [1.29, 1.82) is 0 Å². The largest absolute Gasteiger partial charge is 0.394 e. The molecule has 2 rings (SSSR count). The summed E-state index contributed by atoms with van der Waals surface area (Å²) in [7, 11) is 0. The Bertz CT molecular complexity index is 538. The maximum absolute atomic E-state index is 13.6. The second-order valence-electron chi connectivity index (χ2n) is 4.23. The topological polar surface area (TPSA) is 32.3 Å². The van der Waals surface area contributed by atoms with E-state index in [1.807, 2.05) is 19.9 Å². The third-order valence-corrected chi connectivity index (χ3v) is 3.82. The lowest BCUT2D eigenvalue weighted by molar-refractivity contribution is 0.276. The molecule has 1 aromatic heterocycles. The Hall–Kier alpha value is -1.39. The molecule has 1 heterocycles. The van der Waals surface area contributed by atoms with Crippen LogP contribution in [0.15, 0.2) is 30.3 Å². The zero-order chi connectivity index (χ0) is 13.1. The molecule has 0 aliphatic heterocycles. The van der Waals surface area contributed by atoms with Gasteiger partial charge in [0.25, 0.3) is 0 Å². The Kier molecular flexibility index (Phi) is 3.99. The number of hydrogen-bond donors (Lipinski definition) is 2. The number of halogens is 1. The monoisotopic (exact) mass is 265 g/mol. The SMILES string of the molecule is Cc1cc(C(CO)Nc2ccccc2F)c(C)s1. The van der Waals surface area contributed by atoms with Gasteiger partial charge in [-0.3, -0.25) is 0 Å². The second-order valence-corrected chi connectivity index (χ2v) is 5.69. The van der Waals surface area contributed by atoms with Crippen LogP contribution in [0.2, 0.25) is 0 Å². The first-order valence-electron chi connectivity index (χ1n) is 5.80. The highest BCUT2D eigenvalue weighted by molar-refractivity contribution is 7.12. The fraction of sp³-hybridized carbons (Fsp3) is 0.286. The van der Waals surface area contributed by atoms with Crippen molar-refractivity contribution in [1.82, 2.24) is 0 Å². The third kappa shape index (κ3) is 2.71. The molecule has 0 aliphatic carbocycles. The highest BCUT2D eigenvalue weighted by Gasteiger charge is 2.16. The molecule has 18 heavy (non-hydrogen) atoms. The standard InChI is InChI=1S/C14H16FNOS/c1-9-7-11(10(2)18-9)14(8-17)16-13-6-4-3-5-12(13)15/h3-7,14,16-17H,8H2,1-2H3. The normalized spacial score (nSPS) is 12.4. The van der Waals surface area contributed by atoms with E-state index in [4.69, 9.17) is 0 Å². The van der Waals surface area contributed by atoms with Gasteiger partial charge in [-0.2, -0.15) is 0 Å². The number of para-hydroxylation sites is 1. The fourth-order valence-electron chi connectivity index (χ4n) is 1.98. The lowest BCUT2D eigenvalue weighted by Gasteiger charge is -2.18. The van der Waals surface area contributed by atoms with Gasteiger partial charge in [-0.05, 0) is 37.6 Å². The van der Waals surface area contributed by atoms with Gasteiger partial charge in [-0.25, -0.2) is 4.39 Å². The number of aryl methyl sites for hydroxylation is 2. The van der Waals surface area contributed by atoms with Crippen LogP contribution in [-0.2, 0) is 0 Å². The number of aliphatic hydroxyl groups excluding tert-OH is 1. The van der Waals surface area contributed by atoms with E-state index in [9.17, 15) is 9.50 Å². The maximum atomic E-state index is 13.6. The summed E-state index contributed by atoms with van der Waals surface area (Å²) in [5.41, 5.74) is 1.45. The van der Waals surface area contributed by atoms with Crippen LogP contribution in [0.1, 0.15) is 21.4 Å². The smallest absolute Gasteiger partial charge is 0.146 e. The van der Waals surface area contributed by atoms with Gasteiger partial charge in [0.2, 0.25) is 0 Å². The van der Waals surface area contributed by atoms with E-state index >= 15 is 0 Å². The van der Waals surface area contributed by atoms with Crippen molar-refractivity contribution in [2.45, 2.75) is 19.9 Å². The van der Waals surface area contributed by atoms with Crippen LogP contribution in [-0.4, -0.2) is 11.7 Å². The summed E-state index contributed by atoms with van der Waals surface area (Å²) < 4.78 is 13.6. The summed E-state index contributed by atoms with van der Waals surface area (Å²) in [6, 6.07) is 8.26. The van der Waals surface area contributed by atoms with Crippen LogP contribution in [0.4, 0.5) is 10.1 Å². The predicted octanol–water partition coefficient (Wildman–Crippen LogP) is 3.65. The average Bonchev–Trinajstić information content (AvgIpc) is 2.67. The Labute approximate surface area is 110 Å². The highest BCUT2D eigenvalue weighted by Crippen LogP contribution is 2.29. The minimum atomic E-state index is -0.305. The van der Waals surface area contributed by atoms with E-state index in [0.717, 1.165) is 10.4 Å². The van der Waals surface area contributed by atoms with Gasteiger partial charge in [0.1, 0.15) is 5.82 Å². The molecule has 1 aromatic carbocycles. The lowest BCUT2D eigenvalue weighted by atomic mass is 10.1. The predicted molar refractivity (Wildman–Crippen MR) is 73.6 cm³/mol. The summed E-state index contributed by atoms with van der Waals surface area (Å²) >= 11 is 1.68. The molecule has 4 heteroatoms. The molecule has 0 bridgehead atoms. The molecule has 0 saturated heterocycles. The Morgan fingerprint density at radius 1 is 1.33 bits per heavy atom. The first-order valence-corrected chi connectivity index (χ1v) is 6.62. The molecule has 0 spiro atoms. The van der Waals surface area contributed by atoms with Crippen LogP contribution < -0.4 is 5.32 Å². The molecule has 2 nitrogen and oxygen atoms in total. The van der Waals surface area contributed by atoms with Crippen LogP contribution in [0.25, 0.3) is 0 Å². The molecule has 0 radical (unpaired) electrons. The molecule has 0 aliphatic rings. The van der Waals surface area contributed by atoms with Gasteiger partial charge in [0.15, 0.2) is 0 Å². The number of hydrogen-bond acceptors (Lipinski definition) is 3. The molecule has 2 N–H and O–H groups in total. The number of aliphatic hydroxyl groups is 1. The molecule has 1 unspecified atom stereocenters. The number of benzene rings is 1. The Morgan fingerprint density at radius 3 is 2.61 bits per heavy atom. The van der Waals surface area contributed by atoms with Gasteiger partial charge in [-0.15, -0.1) is 11.3 Å². The molecular weight excluding hydrogens is 249 g/mol. The molecule has 0 amide bonds. The zero-order valence-electron chi connectivity index (χ0n) is 10.4. The second kappa shape index (κ2) is 5.50. The van der Waals surface area contributed by atoms with E-state index in [1.165, 1.54) is 10.9 Å². The maximum Gasteiger partial charge on any atom is 0.146 e. The van der Waals surface area contributed by atoms with Crippen LogP contribution in [0, 0.1) is 19.7 Å². The highest BCUT2D eigenvalue weighted by atomic mass is 32.1. The summed E-state index contributed by atoms with van der Waals surface area (Å²) in [6.07, 6.45) is 0. The van der Waals surface area contributed by atoms with Crippen molar-refractivity contribution in [3.8, 4) is 0 Å². The lowest BCUT2D eigenvalue weighted by Crippen LogP contribution is -2.15. The summed E-state index contributed by atoms with van der Waals surface area (Å²) in [4.78, 5) is 2.34. The summed E-state index contributed by atoms with van der Waals surface area (Å²) in [6.45, 7) is 3.97. The molecule has 0 fully saturated rings. The molecular formula is C14H16FNOS. The first-order chi connectivity index (χ1) is 8.61. The summed E-state index contributed by atoms with van der Waals surface area (Å²) in [5, 5.41) is 12.5. The van der Waals surface area contributed by atoms with Crippen LogP contribution in [0.5, 0.6) is 0 Å². The van der Waals surface area contributed by atoms with E-state index in [0.29, 0.717) is 5.69 Å². The fourth-order valence-corrected chi connectivity index (χ4v) is 2.97. The van der Waals surface area contributed by atoms with Crippen molar-refractivity contribution in [2.24, 2.45) is 0 Å². The average molecular weight is 265 g/mol. The minimum Gasteiger partial charge on any atom is -0.394 e. The van der Waals surface area contributed by atoms with Crippen molar-refractivity contribution in [2.75, 3.05) is 11.9 Å². The van der Waals surface area contributed by atoms with Crippen LogP contribution in [0.3, 0.4) is 0 Å². The van der Waals surface area contributed by atoms with Gasteiger partial charge in [0, 0.05) is 9.75 Å². The van der Waals surface area contributed by atoms with Gasteiger partial charge in [0.05, 0.1) is 18.3 Å². The Morgan fingerprint density at radius 2 is 2.06 bits per heavy atom. The minimum absolute atomic E-state index is 0.0641. The van der Waals surface area contributed by atoms with E-state index in [2.05, 4.69) is 5.32 Å². The van der Waals surface area contributed by atoms with Crippen molar-refractivity contribution < 1.29 is 9.50 Å². The zero-order valence-corrected chi connectivity index (χ0v) is 11.2. The summed E-state index contributed by atoms with van der Waals surface area (Å²) in [5.74, 6) is -0.305. The molecule has 2 aromatic rings. The van der Waals surface area contributed by atoms with Crippen LogP contribution >= 0.6 is 11.3 Å². The number of rotatable bonds is 4. The van der Waals surface area contributed by atoms with Gasteiger partial charge >= 0.3 is 0 Å². The van der Waals surface area contributed by atoms with E-state index in [1.54, 1.807) is 29.5 Å². The third-order valence-electron chi connectivity index (χ3n) is 2.84. The van der Waals surface area contributed by atoms with Crippen molar-refractivity contribution in [3.05, 3.63) is 51.5 Å². The van der Waals surface area contributed by atoms with E-state index < -0.39 is 0 Å².